The van der Waals surface area contributed by atoms with Gasteiger partial charge in [-0.15, -0.1) is 0 Å². The highest BCUT2D eigenvalue weighted by atomic mass is 16.5. The molecule has 0 N–H and O–H groups in total. The Hall–Kier alpha value is -1.57. The van der Waals surface area contributed by atoms with Gasteiger partial charge in [-0.25, -0.2) is 0 Å². The molecule has 0 saturated heterocycles. The van der Waals surface area contributed by atoms with Crippen LogP contribution >= 0.6 is 0 Å². The molecular weight excluding hydrogens is 150 g/mol. The first-order valence-electron chi connectivity index (χ1n) is 3.87. The summed E-state index contributed by atoms with van der Waals surface area (Å²) in [6, 6.07) is 7.86. The highest BCUT2D eigenvalue weighted by Gasteiger charge is 1.99. The van der Waals surface area contributed by atoms with Gasteiger partial charge in [-0.05, 0) is 18.2 Å². The molecule has 0 aromatic heterocycles. The second kappa shape index (κ2) is 3.22. The number of hydrogen-bond donors (Lipinski definition) is 0. The molecule has 12 heavy (non-hydrogen) atoms. The molecule has 0 spiro atoms. The Labute approximate surface area is 71.2 Å². The van der Waals surface area contributed by atoms with Crippen LogP contribution in [0, 0.1) is 0 Å². The molecule has 0 unspecified atom stereocenters. The normalized spacial score (nSPS) is 14.3. The second-order valence-corrected chi connectivity index (χ2v) is 2.51. The van der Waals surface area contributed by atoms with E-state index in [-0.39, 0.29) is 0 Å². The van der Waals surface area contributed by atoms with E-state index in [1.54, 1.807) is 12.4 Å². The highest BCUT2D eigenvalue weighted by molar-refractivity contribution is 5.83. The van der Waals surface area contributed by atoms with Gasteiger partial charge in [-0.1, -0.05) is 12.1 Å². The standard InChI is InChI=1S/C10H9NO/c1-2-5-10-9(4-1)8-11-6-3-7-12-10/h1-6,8H,7H2. The predicted octanol–water partition coefficient (Wildman–Crippen LogP) is 2.01. The zero-order valence-electron chi connectivity index (χ0n) is 6.60. The van der Waals surface area contributed by atoms with Crippen molar-refractivity contribution in [3.63, 3.8) is 0 Å². The van der Waals surface area contributed by atoms with Gasteiger partial charge >= 0.3 is 0 Å². The molecule has 1 heterocycles. The fourth-order valence-electron chi connectivity index (χ4n) is 1.08. The first-order chi connectivity index (χ1) is 5.97. The summed E-state index contributed by atoms with van der Waals surface area (Å²) in [5.41, 5.74) is 1.03. The summed E-state index contributed by atoms with van der Waals surface area (Å²) >= 11 is 0. The van der Waals surface area contributed by atoms with Gasteiger partial charge in [0, 0.05) is 18.0 Å². The molecule has 2 rings (SSSR count). The molecule has 0 amide bonds. The third-order valence-corrected chi connectivity index (χ3v) is 1.66. The molecule has 0 atom stereocenters. The van der Waals surface area contributed by atoms with Crippen molar-refractivity contribution in [2.24, 2.45) is 4.99 Å². The number of hydrogen-bond acceptors (Lipinski definition) is 2. The summed E-state index contributed by atoms with van der Waals surface area (Å²) in [5.74, 6) is 0.894. The summed E-state index contributed by atoms with van der Waals surface area (Å²) in [6.45, 7) is 0.592. The van der Waals surface area contributed by atoms with Crippen molar-refractivity contribution in [1.82, 2.24) is 0 Å². The number of aliphatic imine (C=N–C) groups is 1. The van der Waals surface area contributed by atoms with Gasteiger partial charge in [0.05, 0.1) is 0 Å². The average Bonchev–Trinajstić information content (AvgIpc) is 2.06. The number of fused-ring (bicyclic) bond motifs is 1. The van der Waals surface area contributed by atoms with E-state index < -0.39 is 0 Å². The van der Waals surface area contributed by atoms with Gasteiger partial charge in [-0.2, -0.15) is 0 Å². The molecule has 2 heteroatoms. The summed E-state index contributed by atoms with van der Waals surface area (Å²) in [7, 11) is 0. The van der Waals surface area contributed by atoms with E-state index in [1.165, 1.54) is 0 Å². The van der Waals surface area contributed by atoms with E-state index >= 15 is 0 Å². The van der Waals surface area contributed by atoms with Crippen LogP contribution in [0.25, 0.3) is 0 Å². The van der Waals surface area contributed by atoms with Crippen LogP contribution < -0.4 is 4.74 Å². The van der Waals surface area contributed by atoms with E-state index in [9.17, 15) is 0 Å². The van der Waals surface area contributed by atoms with Crippen LogP contribution in [0.5, 0.6) is 5.75 Å². The van der Waals surface area contributed by atoms with E-state index in [2.05, 4.69) is 4.99 Å². The lowest BCUT2D eigenvalue weighted by Crippen LogP contribution is -1.98. The van der Waals surface area contributed by atoms with E-state index in [0.717, 1.165) is 11.3 Å². The smallest absolute Gasteiger partial charge is 0.128 e. The Bertz CT molecular complexity index is 328. The Morgan fingerprint density at radius 2 is 2.17 bits per heavy atom. The lowest BCUT2D eigenvalue weighted by Gasteiger charge is -2.07. The predicted molar refractivity (Wildman–Crippen MR) is 48.7 cm³/mol. The van der Waals surface area contributed by atoms with Gasteiger partial charge in [0.2, 0.25) is 0 Å². The molecule has 1 aromatic rings. The van der Waals surface area contributed by atoms with E-state index in [4.69, 9.17) is 4.74 Å². The Balaban J connectivity index is 2.43. The largest absolute Gasteiger partial charge is 0.489 e. The number of ether oxygens (including phenoxy) is 1. The lowest BCUT2D eigenvalue weighted by atomic mass is 10.2. The minimum Gasteiger partial charge on any atom is -0.489 e. The zero-order valence-corrected chi connectivity index (χ0v) is 6.60. The Kier molecular flexibility index (Phi) is 1.90. The van der Waals surface area contributed by atoms with Gasteiger partial charge in [0.1, 0.15) is 12.4 Å². The monoisotopic (exact) mass is 159 g/mol. The third-order valence-electron chi connectivity index (χ3n) is 1.66. The van der Waals surface area contributed by atoms with Crippen LogP contribution in [0.4, 0.5) is 0 Å². The Morgan fingerprint density at radius 3 is 3.17 bits per heavy atom. The van der Waals surface area contributed by atoms with Crippen LogP contribution in [0.3, 0.4) is 0 Å². The van der Waals surface area contributed by atoms with Gasteiger partial charge in [0.25, 0.3) is 0 Å². The maximum Gasteiger partial charge on any atom is 0.128 e. The fourth-order valence-corrected chi connectivity index (χ4v) is 1.08. The summed E-state index contributed by atoms with van der Waals surface area (Å²) in [6.07, 6.45) is 5.42. The third kappa shape index (κ3) is 1.37. The molecule has 0 fully saturated rings. The average molecular weight is 159 g/mol. The van der Waals surface area contributed by atoms with Gasteiger partial charge in [-0.3, -0.25) is 4.99 Å². The maximum absolute atomic E-state index is 5.45. The quantitative estimate of drug-likeness (QED) is 0.567. The molecule has 1 aliphatic heterocycles. The summed E-state index contributed by atoms with van der Waals surface area (Å²) < 4.78 is 5.45. The topological polar surface area (TPSA) is 21.6 Å². The molecule has 0 radical (unpaired) electrons. The minimum atomic E-state index is 0.592. The number of para-hydroxylation sites is 1. The van der Waals surface area contributed by atoms with Gasteiger partial charge < -0.3 is 4.74 Å². The first-order valence-corrected chi connectivity index (χ1v) is 3.87. The molecule has 1 aromatic carbocycles. The van der Waals surface area contributed by atoms with Crippen molar-refractivity contribution in [3.05, 3.63) is 42.1 Å². The van der Waals surface area contributed by atoms with Crippen LogP contribution in [0.15, 0.2) is 41.5 Å². The number of rotatable bonds is 0. The van der Waals surface area contributed by atoms with Crippen molar-refractivity contribution in [1.29, 1.82) is 0 Å². The summed E-state index contributed by atoms with van der Waals surface area (Å²) in [5, 5.41) is 0. The fraction of sp³-hybridized carbons (Fsp3) is 0.100. The van der Waals surface area contributed by atoms with Crippen LogP contribution in [-0.2, 0) is 0 Å². The first kappa shape index (κ1) is 7.10. The van der Waals surface area contributed by atoms with Crippen molar-refractivity contribution in [2.75, 3.05) is 6.61 Å². The lowest BCUT2D eigenvalue weighted by molar-refractivity contribution is 0.361. The molecule has 0 saturated carbocycles. The molecule has 0 bridgehead atoms. The highest BCUT2D eigenvalue weighted by Crippen LogP contribution is 2.16. The van der Waals surface area contributed by atoms with Crippen molar-refractivity contribution in [2.45, 2.75) is 0 Å². The maximum atomic E-state index is 5.45. The van der Waals surface area contributed by atoms with Gasteiger partial charge in [0.15, 0.2) is 0 Å². The van der Waals surface area contributed by atoms with E-state index in [0.29, 0.717) is 6.61 Å². The SMILES string of the molecule is C1=CN=Cc2ccccc2OC1. The molecule has 1 aliphatic rings. The molecule has 60 valence electrons. The minimum absolute atomic E-state index is 0.592. The zero-order chi connectivity index (χ0) is 8.23. The molecule has 2 nitrogen and oxygen atoms in total. The van der Waals surface area contributed by atoms with E-state index in [1.807, 2.05) is 30.3 Å². The van der Waals surface area contributed by atoms with Crippen LogP contribution in [-0.4, -0.2) is 12.8 Å². The van der Waals surface area contributed by atoms with Crippen molar-refractivity contribution in [3.8, 4) is 5.75 Å². The molecular formula is C10H9NO. The number of nitrogens with zero attached hydrogens (tertiary/aromatic N) is 1. The van der Waals surface area contributed by atoms with Crippen LogP contribution in [0.1, 0.15) is 5.56 Å². The summed E-state index contributed by atoms with van der Waals surface area (Å²) in [4.78, 5) is 4.09. The van der Waals surface area contributed by atoms with Crippen molar-refractivity contribution < 1.29 is 4.74 Å². The second-order valence-electron chi connectivity index (χ2n) is 2.51. The number of benzene rings is 1. The van der Waals surface area contributed by atoms with Crippen molar-refractivity contribution >= 4 is 6.21 Å². The van der Waals surface area contributed by atoms with Crippen LogP contribution in [0.2, 0.25) is 0 Å². The molecule has 0 aliphatic carbocycles. The Morgan fingerprint density at radius 1 is 1.25 bits per heavy atom.